The highest BCUT2D eigenvalue weighted by atomic mass is 32.1. The van der Waals surface area contributed by atoms with Gasteiger partial charge in [0.1, 0.15) is 5.01 Å². The van der Waals surface area contributed by atoms with Gasteiger partial charge in [-0.1, -0.05) is 11.3 Å². The van der Waals surface area contributed by atoms with E-state index >= 15 is 0 Å². The van der Waals surface area contributed by atoms with Gasteiger partial charge >= 0.3 is 0 Å². The van der Waals surface area contributed by atoms with Gasteiger partial charge in [-0.2, -0.15) is 0 Å². The van der Waals surface area contributed by atoms with Crippen molar-refractivity contribution in [1.29, 1.82) is 0 Å². The third-order valence-electron chi connectivity index (χ3n) is 1.93. The second kappa shape index (κ2) is 5.50. The van der Waals surface area contributed by atoms with E-state index in [0.717, 1.165) is 20.6 Å². The molecule has 8 heteroatoms. The summed E-state index contributed by atoms with van der Waals surface area (Å²) in [5, 5.41) is 9.94. The lowest BCUT2D eigenvalue weighted by atomic mass is 10.4. The Bertz CT molecular complexity index is 497. The van der Waals surface area contributed by atoms with Crippen molar-refractivity contribution < 1.29 is 9.47 Å². The van der Waals surface area contributed by atoms with Gasteiger partial charge in [0.15, 0.2) is 5.01 Å². The van der Waals surface area contributed by atoms with Gasteiger partial charge < -0.3 is 15.2 Å². The highest BCUT2D eigenvalue weighted by molar-refractivity contribution is 7.23. The van der Waals surface area contributed by atoms with Crippen LogP contribution in [0.1, 0.15) is 10.7 Å². The Morgan fingerprint density at radius 1 is 1.12 bits per heavy atom. The molecule has 0 unspecified atom stereocenters. The first-order valence-electron chi connectivity index (χ1n) is 4.80. The minimum Gasteiger partial charge on any atom is -0.378 e. The number of nitrogens with two attached hydrogens (primary N) is 1. The van der Waals surface area contributed by atoms with Crippen molar-refractivity contribution in [2.24, 2.45) is 0 Å². The molecule has 2 aromatic rings. The minimum atomic E-state index is 0.440. The molecule has 0 aromatic carbocycles. The van der Waals surface area contributed by atoms with Gasteiger partial charge in [-0.15, -0.1) is 21.5 Å². The monoisotopic (exact) mass is 272 g/mol. The maximum absolute atomic E-state index is 5.58. The molecule has 0 atom stereocenters. The van der Waals surface area contributed by atoms with Gasteiger partial charge in [0, 0.05) is 14.2 Å². The third-order valence-corrected chi connectivity index (χ3v) is 3.90. The quantitative estimate of drug-likeness (QED) is 0.889. The van der Waals surface area contributed by atoms with Crippen molar-refractivity contribution in [3.63, 3.8) is 0 Å². The molecule has 17 heavy (non-hydrogen) atoms. The second-order valence-corrected chi connectivity index (χ2v) is 5.29. The Morgan fingerprint density at radius 2 is 1.88 bits per heavy atom. The van der Waals surface area contributed by atoms with E-state index < -0.39 is 0 Å². The molecule has 6 nitrogen and oxygen atoms in total. The second-order valence-electron chi connectivity index (χ2n) is 3.19. The number of aromatic nitrogens is 3. The molecule has 0 spiro atoms. The molecule has 2 aromatic heterocycles. The van der Waals surface area contributed by atoms with E-state index in [9.17, 15) is 0 Å². The zero-order valence-electron chi connectivity index (χ0n) is 9.47. The summed E-state index contributed by atoms with van der Waals surface area (Å²) in [7, 11) is 3.27. The smallest absolute Gasteiger partial charge is 0.203 e. The first kappa shape index (κ1) is 12.4. The zero-order chi connectivity index (χ0) is 12.3. The van der Waals surface area contributed by atoms with Crippen molar-refractivity contribution >= 4 is 27.8 Å². The predicted octanol–water partition coefficient (Wildman–Crippen LogP) is 1.54. The minimum absolute atomic E-state index is 0.440. The first-order valence-corrected chi connectivity index (χ1v) is 6.43. The maximum atomic E-state index is 5.58. The number of rotatable bonds is 5. The number of nitrogens with zero attached hydrogens (tertiary/aromatic N) is 3. The fraction of sp³-hybridized carbons (Fsp3) is 0.444. The van der Waals surface area contributed by atoms with Crippen molar-refractivity contribution in [3.8, 4) is 9.88 Å². The molecule has 2 N–H and O–H groups in total. The molecule has 0 aliphatic rings. The molecule has 0 aliphatic heterocycles. The molecule has 0 saturated carbocycles. The van der Waals surface area contributed by atoms with Crippen LogP contribution >= 0.6 is 22.7 Å². The maximum Gasteiger partial charge on any atom is 0.203 e. The summed E-state index contributed by atoms with van der Waals surface area (Å²) in [4.78, 5) is 5.39. The topological polar surface area (TPSA) is 83.2 Å². The van der Waals surface area contributed by atoms with Crippen molar-refractivity contribution in [2.45, 2.75) is 13.2 Å². The fourth-order valence-corrected chi connectivity index (χ4v) is 3.05. The van der Waals surface area contributed by atoms with Crippen molar-refractivity contribution in [1.82, 2.24) is 15.2 Å². The Hall–Kier alpha value is -1.09. The van der Waals surface area contributed by atoms with Crippen LogP contribution in [-0.2, 0) is 22.7 Å². The Morgan fingerprint density at radius 3 is 2.47 bits per heavy atom. The van der Waals surface area contributed by atoms with Crippen LogP contribution in [0.3, 0.4) is 0 Å². The number of ether oxygens (including phenoxy) is 2. The highest BCUT2D eigenvalue weighted by Crippen LogP contribution is 2.33. The van der Waals surface area contributed by atoms with Gasteiger partial charge in [0.05, 0.1) is 23.8 Å². The Labute approximate surface area is 106 Å². The SMILES string of the molecule is COCc1nc(COC)c(-c2nnc(N)s2)s1. The zero-order valence-corrected chi connectivity index (χ0v) is 11.1. The van der Waals surface area contributed by atoms with E-state index in [1.54, 1.807) is 14.2 Å². The van der Waals surface area contributed by atoms with Crippen LogP contribution in [0.5, 0.6) is 0 Å². The molecular weight excluding hydrogens is 260 g/mol. The summed E-state index contributed by atoms with van der Waals surface area (Å²) in [5.41, 5.74) is 6.43. The molecule has 0 bridgehead atoms. The number of anilines is 1. The van der Waals surface area contributed by atoms with Gasteiger partial charge in [0.2, 0.25) is 5.13 Å². The van der Waals surface area contributed by atoms with E-state index in [1.807, 2.05) is 0 Å². The van der Waals surface area contributed by atoms with Crippen LogP contribution in [0.15, 0.2) is 0 Å². The number of hydrogen-bond acceptors (Lipinski definition) is 8. The van der Waals surface area contributed by atoms with Gasteiger partial charge in [-0.3, -0.25) is 0 Å². The third kappa shape index (κ3) is 2.78. The van der Waals surface area contributed by atoms with Crippen molar-refractivity contribution in [2.75, 3.05) is 20.0 Å². The largest absolute Gasteiger partial charge is 0.378 e. The van der Waals surface area contributed by atoms with Gasteiger partial charge in [-0.25, -0.2) is 4.98 Å². The van der Waals surface area contributed by atoms with Gasteiger partial charge in [0.25, 0.3) is 0 Å². The van der Waals surface area contributed by atoms with E-state index in [1.165, 1.54) is 22.7 Å². The molecule has 0 radical (unpaired) electrons. The van der Waals surface area contributed by atoms with Crippen LogP contribution < -0.4 is 5.73 Å². The van der Waals surface area contributed by atoms with Crippen LogP contribution in [0, 0.1) is 0 Å². The summed E-state index contributed by atoms with van der Waals surface area (Å²) in [6, 6.07) is 0. The number of nitrogen functional groups attached to an aromatic ring is 1. The number of hydrogen-bond donors (Lipinski definition) is 1. The van der Waals surface area contributed by atoms with Crippen LogP contribution in [0.25, 0.3) is 9.88 Å². The molecule has 0 amide bonds. The fourth-order valence-electron chi connectivity index (χ4n) is 1.31. The van der Waals surface area contributed by atoms with Crippen LogP contribution in [0.2, 0.25) is 0 Å². The predicted molar refractivity (Wildman–Crippen MR) is 66.9 cm³/mol. The van der Waals surface area contributed by atoms with E-state index in [2.05, 4.69) is 15.2 Å². The van der Waals surface area contributed by atoms with E-state index in [4.69, 9.17) is 15.2 Å². The number of thiazole rings is 1. The average Bonchev–Trinajstić information content (AvgIpc) is 2.86. The van der Waals surface area contributed by atoms with Crippen LogP contribution in [0.4, 0.5) is 5.13 Å². The molecule has 92 valence electrons. The van der Waals surface area contributed by atoms with E-state index in [0.29, 0.717) is 18.3 Å². The average molecular weight is 272 g/mol. The summed E-state index contributed by atoms with van der Waals surface area (Å²) in [6.45, 7) is 0.921. The van der Waals surface area contributed by atoms with Gasteiger partial charge in [-0.05, 0) is 0 Å². The Balaban J connectivity index is 2.36. The first-order chi connectivity index (χ1) is 8.24. The molecule has 2 rings (SSSR count). The Kier molecular flexibility index (Phi) is 4.00. The molecule has 0 fully saturated rings. The lowest BCUT2D eigenvalue weighted by Crippen LogP contribution is -1.92. The van der Waals surface area contributed by atoms with Crippen molar-refractivity contribution in [3.05, 3.63) is 10.7 Å². The summed E-state index contributed by atoms with van der Waals surface area (Å²) >= 11 is 2.87. The molecular formula is C9H12N4O2S2. The van der Waals surface area contributed by atoms with Crippen LogP contribution in [-0.4, -0.2) is 29.4 Å². The molecule has 0 saturated heterocycles. The normalized spacial score (nSPS) is 10.9. The standard InChI is InChI=1S/C9H12N4O2S2/c1-14-3-5-7(8-12-13-9(10)17-8)16-6(11-5)4-15-2/h3-4H2,1-2H3,(H2,10,13). The molecule has 2 heterocycles. The summed E-state index contributed by atoms with van der Waals surface area (Å²) in [5.74, 6) is 0. The molecule has 0 aliphatic carbocycles. The lowest BCUT2D eigenvalue weighted by molar-refractivity contribution is 0.176. The van der Waals surface area contributed by atoms with E-state index in [-0.39, 0.29) is 0 Å². The number of methoxy groups -OCH3 is 2. The summed E-state index contributed by atoms with van der Waals surface area (Å²) in [6.07, 6.45) is 0. The highest BCUT2D eigenvalue weighted by Gasteiger charge is 2.16. The lowest BCUT2D eigenvalue weighted by Gasteiger charge is -1.95. The summed E-state index contributed by atoms with van der Waals surface area (Å²) < 4.78 is 10.2.